The minimum absolute atomic E-state index is 0.262. The number of nitrogens with two attached hydrogens (primary N) is 1. The molecular weight excluding hydrogens is 278 g/mol. The number of aromatic amines is 1. The van der Waals surface area contributed by atoms with Crippen LogP contribution in [0.15, 0.2) is 35.0 Å². The van der Waals surface area contributed by atoms with E-state index in [9.17, 15) is 0 Å². The lowest BCUT2D eigenvalue weighted by molar-refractivity contribution is 0.340. The molecule has 0 radical (unpaired) electrons. The molecule has 0 saturated heterocycles. The van der Waals surface area contributed by atoms with Gasteiger partial charge in [0.1, 0.15) is 0 Å². The molecule has 2 aromatic heterocycles. The van der Waals surface area contributed by atoms with Crippen LogP contribution in [0.4, 0.5) is 0 Å². The molecule has 1 aliphatic carbocycles. The average Bonchev–Trinajstić information content (AvgIpc) is 3.23. The third kappa shape index (κ3) is 2.31. The van der Waals surface area contributed by atoms with Gasteiger partial charge in [0.25, 0.3) is 0 Å². The van der Waals surface area contributed by atoms with Gasteiger partial charge in [0.05, 0.1) is 6.20 Å². The van der Waals surface area contributed by atoms with Crippen LogP contribution in [0.1, 0.15) is 35.1 Å². The molecule has 0 saturated carbocycles. The standard InChI is InChI=1S/C16H17N5O/c17-8-10-1-3-11(4-2-10)15-19-16(22-21-15)12-5-6-13-9-18-20-14(13)7-12/h1-4,9,12H,5-8,17H2,(H,18,20). The van der Waals surface area contributed by atoms with Gasteiger partial charge >= 0.3 is 0 Å². The quantitative estimate of drug-likeness (QED) is 0.772. The smallest absolute Gasteiger partial charge is 0.230 e. The zero-order valence-electron chi connectivity index (χ0n) is 12.1. The van der Waals surface area contributed by atoms with Crippen molar-refractivity contribution >= 4 is 0 Å². The van der Waals surface area contributed by atoms with E-state index in [4.69, 9.17) is 10.3 Å². The molecule has 0 bridgehead atoms. The highest BCUT2D eigenvalue weighted by atomic mass is 16.5. The summed E-state index contributed by atoms with van der Waals surface area (Å²) < 4.78 is 5.49. The highest BCUT2D eigenvalue weighted by Gasteiger charge is 2.26. The van der Waals surface area contributed by atoms with Crippen LogP contribution in [0, 0.1) is 0 Å². The molecule has 112 valence electrons. The van der Waals surface area contributed by atoms with E-state index in [0.717, 1.165) is 30.4 Å². The SMILES string of the molecule is NCc1ccc(-c2noc(C3CCc4cn[nH]c4C3)n2)cc1. The Morgan fingerprint density at radius 1 is 1.27 bits per heavy atom. The van der Waals surface area contributed by atoms with Crippen molar-refractivity contribution in [3.8, 4) is 11.4 Å². The van der Waals surface area contributed by atoms with E-state index in [1.807, 2.05) is 30.5 Å². The Balaban J connectivity index is 1.56. The molecule has 3 N–H and O–H groups in total. The third-order valence-electron chi connectivity index (χ3n) is 4.26. The Kier molecular flexibility index (Phi) is 3.23. The fourth-order valence-corrected chi connectivity index (χ4v) is 2.93. The summed E-state index contributed by atoms with van der Waals surface area (Å²) in [5.74, 6) is 1.60. The van der Waals surface area contributed by atoms with Gasteiger partial charge < -0.3 is 10.3 Å². The van der Waals surface area contributed by atoms with Crippen LogP contribution in [0.5, 0.6) is 0 Å². The molecular formula is C16H17N5O. The summed E-state index contributed by atoms with van der Waals surface area (Å²) in [5.41, 5.74) is 10.1. The zero-order chi connectivity index (χ0) is 14.9. The summed E-state index contributed by atoms with van der Waals surface area (Å²) in [6, 6.07) is 7.93. The summed E-state index contributed by atoms with van der Waals surface area (Å²) in [5, 5.41) is 11.3. The molecule has 4 rings (SSSR count). The van der Waals surface area contributed by atoms with Gasteiger partial charge in [0.15, 0.2) is 0 Å². The van der Waals surface area contributed by atoms with Gasteiger partial charge in [-0.05, 0) is 24.0 Å². The number of fused-ring (bicyclic) bond motifs is 1. The molecule has 1 aromatic carbocycles. The first kappa shape index (κ1) is 13.2. The average molecular weight is 295 g/mol. The first-order chi connectivity index (χ1) is 10.8. The summed E-state index contributed by atoms with van der Waals surface area (Å²) >= 11 is 0. The van der Waals surface area contributed by atoms with Crippen LogP contribution in [-0.2, 0) is 19.4 Å². The predicted molar refractivity (Wildman–Crippen MR) is 81.0 cm³/mol. The lowest BCUT2D eigenvalue weighted by Crippen LogP contribution is -2.12. The van der Waals surface area contributed by atoms with Crippen molar-refractivity contribution in [1.82, 2.24) is 20.3 Å². The number of aryl methyl sites for hydroxylation is 1. The Morgan fingerprint density at radius 2 is 2.14 bits per heavy atom. The number of hydrogen-bond donors (Lipinski definition) is 2. The Bertz CT molecular complexity index is 774. The summed E-state index contributed by atoms with van der Waals surface area (Å²) in [4.78, 5) is 4.57. The Morgan fingerprint density at radius 3 is 2.95 bits per heavy atom. The summed E-state index contributed by atoms with van der Waals surface area (Å²) in [6.07, 6.45) is 4.80. The third-order valence-corrected chi connectivity index (χ3v) is 4.26. The molecule has 0 aliphatic heterocycles. The monoisotopic (exact) mass is 295 g/mol. The van der Waals surface area contributed by atoms with Gasteiger partial charge in [-0.25, -0.2) is 0 Å². The molecule has 0 spiro atoms. The van der Waals surface area contributed by atoms with E-state index >= 15 is 0 Å². The van der Waals surface area contributed by atoms with Crippen molar-refractivity contribution < 1.29 is 4.52 Å². The van der Waals surface area contributed by atoms with Crippen LogP contribution in [0.3, 0.4) is 0 Å². The second-order valence-corrected chi connectivity index (χ2v) is 5.67. The molecule has 6 nitrogen and oxygen atoms in total. The summed E-state index contributed by atoms with van der Waals surface area (Å²) in [7, 11) is 0. The van der Waals surface area contributed by atoms with Crippen LogP contribution >= 0.6 is 0 Å². The maximum absolute atomic E-state index is 5.61. The molecule has 0 fully saturated rings. The molecule has 3 aromatic rings. The van der Waals surface area contributed by atoms with Gasteiger partial charge in [-0.15, -0.1) is 0 Å². The minimum atomic E-state index is 0.262. The second kappa shape index (κ2) is 5.38. The maximum atomic E-state index is 5.61. The minimum Gasteiger partial charge on any atom is -0.339 e. The molecule has 0 amide bonds. The van der Waals surface area contributed by atoms with Crippen molar-refractivity contribution in [2.75, 3.05) is 0 Å². The number of nitrogens with zero attached hydrogens (tertiary/aromatic N) is 3. The fraction of sp³-hybridized carbons (Fsp3) is 0.312. The Labute approximate surface area is 127 Å². The van der Waals surface area contributed by atoms with Gasteiger partial charge in [0, 0.05) is 30.1 Å². The van der Waals surface area contributed by atoms with E-state index in [2.05, 4.69) is 20.3 Å². The van der Waals surface area contributed by atoms with E-state index in [-0.39, 0.29) is 5.92 Å². The molecule has 22 heavy (non-hydrogen) atoms. The second-order valence-electron chi connectivity index (χ2n) is 5.67. The highest BCUT2D eigenvalue weighted by Crippen LogP contribution is 2.31. The normalized spacial score (nSPS) is 17.4. The van der Waals surface area contributed by atoms with Crippen molar-refractivity contribution in [2.45, 2.75) is 31.7 Å². The maximum Gasteiger partial charge on any atom is 0.230 e. The molecule has 1 unspecified atom stereocenters. The van der Waals surface area contributed by atoms with Crippen molar-refractivity contribution in [3.05, 3.63) is 53.2 Å². The first-order valence-electron chi connectivity index (χ1n) is 7.47. The summed E-state index contributed by atoms with van der Waals surface area (Å²) in [6.45, 7) is 0.534. The highest BCUT2D eigenvalue weighted by molar-refractivity contribution is 5.54. The van der Waals surface area contributed by atoms with Crippen LogP contribution in [0.2, 0.25) is 0 Å². The van der Waals surface area contributed by atoms with Crippen LogP contribution in [-0.4, -0.2) is 20.3 Å². The van der Waals surface area contributed by atoms with E-state index < -0.39 is 0 Å². The van der Waals surface area contributed by atoms with E-state index in [1.165, 1.54) is 11.3 Å². The molecule has 1 aliphatic rings. The lowest BCUT2D eigenvalue weighted by atomic mass is 9.88. The van der Waals surface area contributed by atoms with Gasteiger partial charge in [-0.3, -0.25) is 5.10 Å². The number of H-pyrrole nitrogens is 1. The number of aromatic nitrogens is 4. The van der Waals surface area contributed by atoms with E-state index in [0.29, 0.717) is 18.3 Å². The van der Waals surface area contributed by atoms with Crippen molar-refractivity contribution in [1.29, 1.82) is 0 Å². The van der Waals surface area contributed by atoms with Crippen molar-refractivity contribution in [3.63, 3.8) is 0 Å². The van der Waals surface area contributed by atoms with E-state index in [1.54, 1.807) is 0 Å². The number of rotatable bonds is 3. The van der Waals surface area contributed by atoms with Gasteiger partial charge in [-0.2, -0.15) is 10.1 Å². The fourth-order valence-electron chi connectivity index (χ4n) is 2.93. The van der Waals surface area contributed by atoms with Crippen LogP contribution in [0.25, 0.3) is 11.4 Å². The molecule has 2 heterocycles. The van der Waals surface area contributed by atoms with Crippen LogP contribution < -0.4 is 5.73 Å². The van der Waals surface area contributed by atoms with Gasteiger partial charge in [-0.1, -0.05) is 29.4 Å². The topological polar surface area (TPSA) is 93.6 Å². The van der Waals surface area contributed by atoms with Gasteiger partial charge in [0.2, 0.25) is 11.7 Å². The molecule has 1 atom stereocenters. The molecule has 6 heteroatoms. The lowest BCUT2D eigenvalue weighted by Gasteiger charge is -2.17. The first-order valence-corrected chi connectivity index (χ1v) is 7.47. The number of nitrogens with one attached hydrogen (secondary N) is 1. The largest absolute Gasteiger partial charge is 0.339 e. The Hall–Kier alpha value is -2.47. The zero-order valence-corrected chi connectivity index (χ0v) is 12.1. The number of benzene rings is 1. The van der Waals surface area contributed by atoms with Crippen molar-refractivity contribution in [2.24, 2.45) is 5.73 Å². The predicted octanol–water partition coefficient (Wildman–Crippen LogP) is 2.19. The number of hydrogen-bond acceptors (Lipinski definition) is 5.